The number of rotatable bonds is 11. The van der Waals surface area contributed by atoms with E-state index in [4.69, 9.17) is 14.2 Å². The summed E-state index contributed by atoms with van der Waals surface area (Å²) < 4.78 is 22.2. The highest BCUT2D eigenvalue weighted by atomic mass is 16.6. The number of aryl methyl sites for hydroxylation is 1. The molecule has 3 aromatic carbocycles. The molecule has 1 heterocycles. The van der Waals surface area contributed by atoms with Gasteiger partial charge in [-0.15, -0.1) is 0 Å². The largest absolute Gasteiger partial charge is 0.493 e. The first kappa shape index (κ1) is 23.2. The predicted molar refractivity (Wildman–Crippen MR) is 126 cm³/mol. The predicted octanol–water partition coefficient (Wildman–Crippen LogP) is 5.59. The molecule has 0 aliphatic carbocycles. The lowest BCUT2D eigenvalue weighted by atomic mass is 10.1. The van der Waals surface area contributed by atoms with Gasteiger partial charge in [0.05, 0.1) is 13.2 Å². The van der Waals surface area contributed by atoms with Crippen molar-refractivity contribution in [1.82, 2.24) is 5.32 Å². The maximum atomic E-state index is 11.6. The van der Waals surface area contributed by atoms with Crippen LogP contribution in [0.3, 0.4) is 0 Å². The van der Waals surface area contributed by atoms with E-state index in [1.54, 1.807) is 24.3 Å². The third kappa shape index (κ3) is 6.07. The second kappa shape index (κ2) is 11.2. The lowest BCUT2D eigenvalue weighted by Crippen LogP contribution is -2.19. The summed E-state index contributed by atoms with van der Waals surface area (Å²) in [4.78, 5) is 22.8. The Morgan fingerprint density at radius 3 is 2.29 bits per heavy atom. The Morgan fingerprint density at radius 2 is 1.59 bits per heavy atom. The average Bonchev–Trinajstić information content (AvgIpc) is 3.19. The van der Waals surface area contributed by atoms with E-state index in [1.807, 2.05) is 48.5 Å². The number of hydrogen-bond donors (Lipinski definition) is 1. The van der Waals surface area contributed by atoms with Crippen LogP contribution in [-0.4, -0.2) is 25.3 Å². The van der Waals surface area contributed by atoms with Gasteiger partial charge in [0.25, 0.3) is 0 Å². The first-order valence-corrected chi connectivity index (χ1v) is 11.4. The maximum Gasteiger partial charge on any atom is 0.415 e. The highest BCUT2D eigenvalue weighted by molar-refractivity contribution is 5.96. The van der Waals surface area contributed by atoms with Gasteiger partial charge in [-0.1, -0.05) is 43.7 Å². The number of cyclic esters (lactones) is 2. The van der Waals surface area contributed by atoms with Crippen LogP contribution in [0.15, 0.2) is 72.8 Å². The summed E-state index contributed by atoms with van der Waals surface area (Å²) in [5.41, 5.74) is 1.76. The summed E-state index contributed by atoms with van der Waals surface area (Å²) in [6.45, 7) is 3.14. The van der Waals surface area contributed by atoms with Gasteiger partial charge in [0.15, 0.2) is 6.04 Å². The summed E-state index contributed by atoms with van der Waals surface area (Å²) in [5, 5.41) is 2.47. The van der Waals surface area contributed by atoms with Crippen molar-refractivity contribution >= 4 is 12.1 Å². The molecule has 0 spiro atoms. The van der Waals surface area contributed by atoms with Gasteiger partial charge >= 0.3 is 12.1 Å². The van der Waals surface area contributed by atoms with Crippen molar-refractivity contribution in [2.24, 2.45) is 0 Å². The molecule has 1 aliphatic heterocycles. The highest BCUT2D eigenvalue weighted by Crippen LogP contribution is 2.29. The summed E-state index contributed by atoms with van der Waals surface area (Å²) in [5.74, 6) is 2.53. The normalized spacial score (nSPS) is 14.9. The van der Waals surface area contributed by atoms with E-state index in [0.29, 0.717) is 30.9 Å². The van der Waals surface area contributed by atoms with Gasteiger partial charge in [-0.25, -0.2) is 9.59 Å². The van der Waals surface area contributed by atoms with E-state index in [0.717, 1.165) is 35.7 Å². The number of hydrogen-bond acceptors (Lipinski definition) is 6. The van der Waals surface area contributed by atoms with Crippen LogP contribution in [0.4, 0.5) is 4.79 Å². The first-order valence-electron chi connectivity index (χ1n) is 11.4. The van der Waals surface area contributed by atoms with Crippen LogP contribution in [-0.2, 0) is 16.0 Å². The first-order chi connectivity index (χ1) is 16.6. The monoisotopic (exact) mass is 461 g/mol. The van der Waals surface area contributed by atoms with Gasteiger partial charge in [0, 0.05) is 6.42 Å². The number of nitrogens with one attached hydrogen (secondary N) is 1. The van der Waals surface area contributed by atoms with Crippen LogP contribution in [0.1, 0.15) is 36.9 Å². The zero-order chi connectivity index (χ0) is 23.8. The molecule has 1 aliphatic rings. The van der Waals surface area contributed by atoms with Crippen LogP contribution in [0, 0.1) is 0 Å². The fourth-order valence-electron chi connectivity index (χ4n) is 3.61. The number of para-hydroxylation sites is 1. The van der Waals surface area contributed by atoms with Crippen LogP contribution in [0.5, 0.6) is 23.0 Å². The van der Waals surface area contributed by atoms with E-state index in [1.165, 1.54) is 0 Å². The smallest absolute Gasteiger partial charge is 0.415 e. The Kier molecular flexibility index (Phi) is 7.65. The summed E-state index contributed by atoms with van der Waals surface area (Å²) in [6.07, 6.45) is 1.89. The van der Waals surface area contributed by atoms with Gasteiger partial charge in [-0.3, -0.25) is 0 Å². The Bertz CT molecular complexity index is 1110. The summed E-state index contributed by atoms with van der Waals surface area (Å²) >= 11 is 0. The molecule has 1 atom stereocenters. The van der Waals surface area contributed by atoms with Crippen molar-refractivity contribution in [3.8, 4) is 23.0 Å². The van der Waals surface area contributed by atoms with Crippen molar-refractivity contribution in [3.05, 3.63) is 83.9 Å². The number of benzene rings is 3. The molecular weight excluding hydrogens is 434 g/mol. The van der Waals surface area contributed by atoms with Crippen LogP contribution >= 0.6 is 0 Å². The van der Waals surface area contributed by atoms with Crippen molar-refractivity contribution in [3.63, 3.8) is 0 Å². The fourth-order valence-corrected chi connectivity index (χ4v) is 3.61. The Hall–Kier alpha value is -4.00. The second-order valence-corrected chi connectivity index (χ2v) is 7.84. The fraction of sp³-hybridized carbons (Fsp3) is 0.259. The zero-order valence-electron chi connectivity index (χ0n) is 19.0. The molecule has 7 nitrogen and oxygen atoms in total. The van der Waals surface area contributed by atoms with Gasteiger partial charge in [-0.2, -0.15) is 0 Å². The third-order valence-electron chi connectivity index (χ3n) is 5.25. The molecule has 176 valence electrons. The molecule has 0 radical (unpaired) electrons. The molecule has 7 heteroatoms. The Labute approximate surface area is 198 Å². The lowest BCUT2D eigenvalue weighted by molar-refractivity contribution is -0.135. The average molecular weight is 462 g/mol. The minimum atomic E-state index is -0.767. The topological polar surface area (TPSA) is 83.1 Å². The number of carbonyl (C=O) groups is 2. The molecule has 1 saturated heterocycles. The zero-order valence-corrected chi connectivity index (χ0v) is 19.0. The van der Waals surface area contributed by atoms with Gasteiger partial charge in [0.1, 0.15) is 23.0 Å². The molecule has 1 N–H and O–H groups in total. The lowest BCUT2D eigenvalue weighted by Gasteiger charge is -2.14. The molecule has 1 fully saturated rings. The van der Waals surface area contributed by atoms with Crippen LogP contribution < -0.4 is 19.5 Å². The van der Waals surface area contributed by atoms with Gasteiger partial charge < -0.3 is 24.3 Å². The van der Waals surface area contributed by atoms with Crippen molar-refractivity contribution in [2.45, 2.75) is 32.2 Å². The van der Waals surface area contributed by atoms with Gasteiger partial charge in [0.2, 0.25) is 0 Å². The van der Waals surface area contributed by atoms with Crippen molar-refractivity contribution in [1.29, 1.82) is 0 Å². The quantitative estimate of drug-likeness (QED) is 0.228. The van der Waals surface area contributed by atoms with E-state index in [-0.39, 0.29) is 0 Å². The Balaban J connectivity index is 1.24. The van der Waals surface area contributed by atoms with Crippen molar-refractivity contribution in [2.75, 3.05) is 13.2 Å². The third-order valence-corrected chi connectivity index (χ3v) is 5.25. The minimum absolute atomic E-state index is 0.486. The molecule has 1 amide bonds. The Morgan fingerprint density at radius 1 is 0.853 bits per heavy atom. The number of amides is 1. The SMILES string of the molecule is CCCc1cc(Oc2ccccc2)ccc1OCCCOc1ccc(C2NC(=O)OC2=O)cc1. The molecule has 0 bridgehead atoms. The van der Waals surface area contributed by atoms with E-state index in [9.17, 15) is 9.59 Å². The standard InChI is InChI=1S/C27H27NO6/c1-2-7-20-18-23(33-22-8-4-3-5-9-22)14-15-24(20)32-17-6-16-31-21-12-10-19(11-13-21)25-26(29)34-27(30)28-25/h3-5,8-15,18,25H,2,6-7,16-17H2,1H3,(H,28,30). The number of alkyl carbamates (subject to hydrolysis) is 1. The molecular formula is C27H27NO6. The summed E-state index contributed by atoms with van der Waals surface area (Å²) in [7, 11) is 0. The molecule has 4 rings (SSSR count). The number of ether oxygens (including phenoxy) is 4. The van der Waals surface area contributed by atoms with Crippen LogP contribution in [0.2, 0.25) is 0 Å². The maximum absolute atomic E-state index is 11.6. The molecule has 1 unspecified atom stereocenters. The summed E-state index contributed by atoms with van der Waals surface area (Å²) in [6, 6.07) is 21.8. The minimum Gasteiger partial charge on any atom is -0.493 e. The van der Waals surface area contributed by atoms with E-state index >= 15 is 0 Å². The number of esters is 1. The van der Waals surface area contributed by atoms with E-state index in [2.05, 4.69) is 17.0 Å². The van der Waals surface area contributed by atoms with Gasteiger partial charge in [-0.05, 0) is 60.0 Å². The molecule has 0 saturated carbocycles. The second-order valence-electron chi connectivity index (χ2n) is 7.84. The number of carbonyl (C=O) groups excluding carboxylic acids is 2. The van der Waals surface area contributed by atoms with Crippen molar-refractivity contribution < 1.29 is 28.5 Å². The van der Waals surface area contributed by atoms with Crippen LogP contribution in [0.25, 0.3) is 0 Å². The molecule has 34 heavy (non-hydrogen) atoms. The molecule has 0 aromatic heterocycles. The van der Waals surface area contributed by atoms with E-state index < -0.39 is 18.1 Å². The molecule has 3 aromatic rings. The highest BCUT2D eigenvalue weighted by Gasteiger charge is 2.33.